The van der Waals surface area contributed by atoms with Gasteiger partial charge in [0, 0.05) is 10.6 Å². The van der Waals surface area contributed by atoms with Crippen molar-refractivity contribution in [2.45, 2.75) is 19.4 Å². The molecule has 0 spiro atoms. The largest absolute Gasteiger partial charge is 0.508 e. The third kappa shape index (κ3) is 2.12. The van der Waals surface area contributed by atoms with E-state index in [1.807, 2.05) is 0 Å². The van der Waals surface area contributed by atoms with Crippen LogP contribution >= 0.6 is 23.2 Å². The van der Waals surface area contributed by atoms with Crippen molar-refractivity contribution in [3.8, 4) is 0 Å². The summed E-state index contributed by atoms with van der Waals surface area (Å²) in [5.41, 5.74) is -1.12. The zero-order valence-corrected chi connectivity index (χ0v) is 11.9. The smallest absolute Gasteiger partial charge is 0.302 e. The van der Waals surface area contributed by atoms with Crippen molar-refractivity contribution in [2.24, 2.45) is 0 Å². The van der Waals surface area contributed by atoms with E-state index in [2.05, 4.69) is 0 Å². The number of hydrogen-bond acceptors (Lipinski definition) is 4. The minimum absolute atomic E-state index is 0.133. The van der Waals surface area contributed by atoms with Gasteiger partial charge in [-0.1, -0.05) is 29.3 Å². The van der Waals surface area contributed by atoms with Crippen LogP contribution in [-0.4, -0.2) is 19.1 Å². The van der Waals surface area contributed by atoms with Crippen LogP contribution in [0.5, 0.6) is 0 Å². The van der Waals surface area contributed by atoms with Crippen molar-refractivity contribution in [3.05, 3.63) is 39.6 Å². The van der Waals surface area contributed by atoms with Crippen LogP contribution in [0.4, 0.5) is 0 Å². The predicted molar refractivity (Wildman–Crippen MR) is 70.1 cm³/mol. The summed E-state index contributed by atoms with van der Waals surface area (Å²) in [6.07, 6.45) is 0. The first-order valence-corrected chi connectivity index (χ1v) is 7.16. The van der Waals surface area contributed by atoms with Gasteiger partial charge in [0.2, 0.25) is 0 Å². The summed E-state index contributed by atoms with van der Waals surface area (Å²) in [5, 5.41) is 10.5. The van der Waals surface area contributed by atoms with Crippen molar-refractivity contribution in [1.82, 2.24) is 0 Å². The standard InChI is InChI=1S/C11H10Cl2O4S/c1-11(2)10(14)9(18(15,16)17-11)7-4-3-6(12)5-8(7)13/h3-5,14H,1-2H3. The number of aliphatic hydroxyl groups is 1. The Bertz CT molecular complexity index is 647. The summed E-state index contributed by atoms with van der Waals surface area (Å²) < 4.78 is 28.6. The fraction of sp³-hybridized carbons (Fsp3) is 0.273. The highest BCUT2D eigenvalue weighted by Gasteiger charge is 2.46. The first-order chi connectivity index (χ1) is 8.15. The van der Waals surface area contributed by atoms with Crippen molar-refractivity contribution >= 4 is 38.2 Å². The van der Waals surface area contributed by atoms with E-state index in [0.717, 1.165) is 0 Å². The molecule has 4 nitrogen and oxygen atoms in total. The molecule has 18 heavy (non-hydrogen) atoms. The number of rotatable bonds is 1. The Morgan fingerprint density at radius 3 is 2.33 bits per heavy atom. The molecular formula is C11H10Cl2O4S. The van der Waals surface area contributed by atoms with Crippen molar-refractivity contribution in [1.29, 1.82) is 0 Å². The average molecular weight is 309 g/mol. The molecule has 1 aliphatic rings. The zero-order chi connectivity index (χ0) is 13.7. The fourth-order valence-corrected chi connectivity index (χ4v) is 3.88. The first kappa shape index (κ1) is 13.7. The lowest BCUT2D eigenvalue weighted by Crippen LogP contribution is -2.22. The van der Waals surface area contributed by atoms with Gasteiger partial charge < -0.3 is 5.11 Å². The Labute approximate surface area is 115 Å². The topological polar surface area (TPSA) is 63.6 Å². The highest BCUT2D eigenvalue weighted by atomic mass is 35.5. The van der Waals surface area contributed by atoms with E-state index in [4.69, 9.17) is 27.4 Å². The molecule has 0 saturated heterocycles. The number of benzene rings is 1. The van der Waals surface area contributed by atoms with E-state index < -0.39 is 15.7 Å². The van der Waals surface area contributed by atoms with Crippen molar-refractivity contribution in [3.63, 3.8) is 0 Å². The van der Waals surface area contributed by atoms with Gasteiger partial charge in [0.25, 0.3) is 0 Å². The summed E-state index contributed by atoms with van der Waals surface area (Å²) in [7, 11) is -4.03. The first-order valence-electron chi connectivity index (χ1n) is 5.00. The summed E-state index contributed by atoms with van der Waals surface area (Å²) >= 11 is 11.7. The zero-order valence-electron chi connectivity index (χ0n) is 9.57. The molecule has 1 aromatic rings. The molecule has 98 valence electrons. The SMILES string of the molecule is CC1(C)OS(=O)(=O)C(c2ccc(Cl)cc2Cl)=C1O. The summed E-state index contributed by atoms with van der Waals surface area (Å²) in [6.45, 7) is 2.91. The lowest BCUT2D eigenvalue weighted by Gasteiger charge is -2.14. The lowest BCUT2D eigenvalue weighted by molar-refractivity contribution is 0.119. The molecule has 0 saturated carbocycles. The predicted octanol–water partition coefficient (Wildman–Crippen LogP) is 3.36. The van der Waals surface area contributed by atoms with Gasteiger partial charge >= 0.3 is 10.1 Å². The Hall–Kier alpha value is -0.750. The molecule has 1 N–H and O–H groups in total. The van der Waals surface area contributed by atoms with Crippen LogP contribution in [0.25, 0.3) is 4.91 Å². The van der Waals surface area contributed by atoms with Gasteiger partial charge in [-0.15, -0.1) is 0 Å². The average Bonchev–Trinajstić information content (AvgIpc) is 2.34. The molecule has 0 aromatic heterocycles. The molecular weight excluding hydrogens is 299 g/mol. The van der Waals surface area contributed by atoms with Crippen LogP contribution in [0.3, 0.4) is 0 Å². The Balaban J connectivity index is 2.73. The van der Waals surface area contributed by atoms with Crippen LogP contribution in [0.2, 0.25) is 10.0 Å². The maximum absolute atomic E-state index is 11.9. The number of aliphatic hydroxyl groups excluding tert-OH is 1. The maximum Gasteiger partial charge on any atom is 0.302 e. The van der Waals surface area contributed by atoms with Crippen LogP contribution < -0.4 is 0 Å². The highest BCUT2D eigenvalue weighted by Crippen LogP contribution is 2.43. The third-order valence-corrected chi connectivity index (χ3v) is 4.63. The van der Waals surface area contributed by atoms with Gasteiger partial charge in [0.15, 0.2) is 0 Å². The summed E-state index contributed by atoms with van der Waals surface area (Å²) in [6, 6.07) is 4.32. The minimum atomic E-state index is -4.03. The van der Waals surface area contributed by atoms with Gasteiger partial charge in [0.1, 0.15) is 16.3 Å². The molecule has 1 aliphatic heterocycles. The second kappa shape index (κ2) is 4.13. The van der Waals surface area contributed by atoms with Gasteiger partial charge in [0.05, 0.1) is 5.02 Å². The van der Waals surface area contributed by atoms with Crippen LogP contribution in [0.15, 0.2) is 24.0 Å². The summed E-state index contributed by atoms with van der Waals surface area (Å²) in [5.74, 6) is -0.369. The Morgan fingerprint density at radius 2 is 1.89 bits per heavy atom. The molecule has 1 heterocycles. The van der Waals surface area contributed by atoms with E-state index in [-0.39, 0.29) is 21.3 Å². The van der Waals surface area contributed by atoms with Crippen LogP contribution in [0, 0.1) is 0 Å². The molecule has 0 radical (unpaired) electrons. The van der Waals surface area contributed by atoms with E-state index in [9.17, 15) is 13.5 Å². The van der Waals surface area contributed by atoms with E-state index in [1.54, 1.807) is 0 Å². The van der Waals surface area contributed by atoms with Gasteiger partial charge in [-0.25, -0.2) is 0 Å². The monoisotopic (exact) mass is 308 g/mol. The molecule has 2 rings (SSSR count). The van der Waals surface area contributed by atoms with Gasteiger partial charge in [-0.2, -0.15) is 8.42 Å². The lowest BCUT2D eigenvalue weighted by atomic mass is 10.0. The second-order valence-corrected chi connectivity index (χ2v) is 6.68. The van der Waals surface area contributed by atoms with Crippen LogP contribution in [0.1, 0.15) is 19.4 Å². The number of halogens is 2. The van der Waals surface area contributed by atoms with Gasteiger partial charge in [-0.3, -0.25) is 4.18 Å². The molecule has 0 unspecified atom stereocenters. The Kier molecular flexibility index (Phi) is 3.14. The molecule has 1 aromatic carbocycles. The Morgan fingerprint density at radius 1 is 1.28 bits per heavy atom. The molecule has 0 atom stereocenters. The quantitative estimate of drug-likeness (QED) is 0.808. The second-order valence-electron chi connectivity index (χ2n) is 4.35. The molecule has 0 bridgehead atoms. The summed E-state index contributed by atoms with van der Waals surface area (Å²) in [4.78, 5) is -0.311. The van der Waals surface area contributed by atoms with E-state index >= 15 is 0 Å². The maximum atomic E-state index is 11.9. The molecule has 0 amide bonds. The molecule has 7 heteroatoms. The van der Waals surface area contributed by atoms with E-state index in [1.165, 1.54) is 32.0 Å². The van der Waals surface area contributed by atoms with Crippen LogP contribution in [-0.2, 0) is 14.3 Å². The van der Waals surface area contributed by atoms with Gasteiger partial charge in [-0.05, 0) is 26.0 Å². The van der Waals surface area contributed by atoms with E-state index in [0.29, 0.717) is 5.02 Å². The highest BCUT2D eigenvalue weighted by molar-refractivity contribution is 7.96. The van der Waals surface area contributed by atoms with Crippen molar-refractivity contribution in [2.75, 3.05) is 0 Å². The molecule has 0 fully saturated rings. The fourth-order valence-electron chi connectivity index (χ4n) is 1.68. The minimum Gasteiger partial charge on any atom is -0.508 e. The number of hydrogen-bond donors (Lipinski definition) is 1. The normalized spacial score (nSPS) is 21.3. The van der Waals surface area contributed by atoms with Crippen molar-refractivity contribution < 1.29 is 17.7 Å². The third-order valence-electron chi connectivity index (χ3n) is 2.53. The molecule has 0 aliphatic carbocycles.